The summed E-state index contributed by atoms with van der Waals surface area (Å²) >= 11 is 0. The van der Waals surface area contributed by atoms with Crippen LogP contribution in [0.1, 0.15) is 47.4 Å². The highest BCUT2D eigenvalue weighted by atomic mass is 19.4. The topological polar surface area (TPSA) is 140 Å². The van der Waals surface area contributed by atoms with Gasteiger partial charge in [0.25, 0.3) is 0 Å². The van der Waals surface area contributed by atoms with E-state index in [0.717, 1.165) is 53.3 Å². The molecule has 0 aromatic heterocycles. The standard InChI is InChI=1S/C26H30N4O3.C2HF3O2/c31-24(29-16-19-4-3-5-20(12-19)17-30-26-27-10-11-28-26)14-18-8-9-21-6-1-2-7-23(21)22(13-18)15-25(32)33;3-2(4,5)1(6)7/h1-8,12,22H,9-11,13-17H2,(H,29,31)(H,32,33)(H2,27,28,30);(H,6,7). The average Bonchev–Trinajstić information content (AvgIpc) is 3.37. The molecule has 1 amide bonds. The van der Waals surface area contributed by atoms with E-state index >= 15 is 0 Å². The molecule has 40 heavy (non-hydrogen) atoms. The van der Waals surface area contributed by atoms with E-state index in [9.17, 15) is 27.9 Å². The minimum atomic E-state index is -5.08. The third kappa shape index (κ3) is 9.75. The zero-order valence-electron chi connectivity index (χ0n) is 21.6. The summed E-state index contributed by atoms with van der Waals surface area (Å²) in [6.07, 6.45) is -1.32. The first-order valence-electron chi connectivity index (χ1n) is 12.7. The van der Waals surface area contributed by atoms with Gasteiger partial charge in [-0.3, -0.25) is 14.6 Å². The second-order valence-electron chi connectivity index (χ2n) is 9.35. The summed E-state index contributed by atoms with van der Waals surface area (Å²) in [4.78, 5) is 37.3. The highest BCUT2D eigenvalue weighted by Gasteiger charge is 2.38. The lowest BCUT2D eigenvalue weighted by molar-refractivity contribution is -0.192. The maximum absolute atomic E-state index is 12.7. The fraction of sp³-hybridized carbons (Fsp3) is 0.357. The van der Waals surface area contributed by atoms with Crippen molar-refractivity contribution in [2.24, 2.45) is 4.99 Å². The van der Waals surface area contributed by atoms with Gasteiger partial charge in [-0.2, -0.15) is 13.2 Å². The second-order valence-corrected chi connectivity index (χ2v) is 9.35. The predicted molar refractivity (Wildman–Crippen MR) is 142 cm³/mol. The van der Waals surface area contributed by atoms with Crippen molar-refractivity contribution in [1.82, 2.24) is 16.0 Å². The third-order valence-electron chi connectivity index (χ3n) is 6.28. The van der Waals surface area contributed by atoms with Gasteiger partial charge in [0, 0.05) is 26.1 Å². The van der Waals surface area contributed by atoms with Gasteiger partial charge >= 0.3 is 18.1 Å². The summed E-state index contributed by atoms with van der Waals surface area (Å²) in [7, 11) is 0. The zero-order chi connectivity index (χ0) is 29.1. The molecule has 1 heterocycles. The Balaban J connectivity index is 0.000000559. The number of allylic oxidation sites excluding steroid dienone is 1. The lowest BCUT2D eigenvalue weighted by Crippen LogP contribution is -2.33. The Kier molecular flexibility index (Phi) is 10.7. The van der Waals surface area contributed by atoms with Crippen LogP contribution in [0.15, 0.2) is 65.2 Å². The molecule has 4 rings (SSSR count). The number of benzene rings is 2. The highest BCUT2D eigenvalue weighted by Crippen LogP contribution is 2.34. The van der Waals surface area contributed by atoms with Gasteiger partial charge < -0.3 is 26.2 Å². The molecule has 1 unspecified atom stereocenters. The molecule has 1 aliphatic heterocycles. The van der Waals surface area contributed by atoms with Crippen molar-refractivity contribution in [3.05, 3.63) is 82.4 Å². The van der Waals surface area contributed by atoms with Crippen LogP contribution < -0.4 is 16.0 Å². The monoisotopic (exact) mass is 560 g/mol. The second kappa shape index (κ2) is 14.2. The third-order valence-corrected chi connectivity index (χ3v) is 6.28. The van der Waals surface area contributed by atoms with E-state index in [0.29, 0.717) is 19.5 Å². The molecule has 2 aromatic carbocycles. The number of aliphatic carboxylic acids is 2. The Labute approximate surface area is 229 Å². The average molecular weight is 561 g/mol. The van der Waals surface area contributed by atoms with Crippen molar-refractivity contribution in [2.45, 2.75) is 50.9 Å². The van der Waals surface area contributed by atoms with Crippen LogP contribution in [0.4, 0.5) is 13.2 Å². The molecular weight excluding hydrogens is 529 g/mol. The number of carboxylic acid groups (broad SMARTS) is 2. The number of fused-ring (bicyclic) bond motifs is 1. The van der Waals surface area contributed by atoms with Gasteiger partial charge in [-0.15, -0.1) is 0 Å². The van der Waals surface area contributed by atoms with Crippen molar-refractivity contribution in [2.75, 3.05) is 13.1 Å². The maximum atomic E-state index is 12.7. The van der Waals surface area contributed by atoms with E-state index < -0.39 is 18.1 Å². The summed E-state index contributed by atoms with van der Waals surface area (Å²) < 4.78 is 31.7. The first kappa shape index (κ1) is 30.2. The molecule has 2 aliphatic rings. The van der Waals surface area contributed by atoms with E-state index in [1.54, 1.807) is 0 Å². The summed E-state index contributed by atoms with van der Waals surface area (Å²) in [5, 5.41) is 26.0. The molecule has 0 spiro atoms. The SMILES string of the molecule is O=C(O)C(F)(F)F.O=C(O)CC1CC(CC(=O)NCc2cccc(CNC3=NCCN3)c2)=CCc2ccccc21. The molecule has 0 saturated heterocycles. The number of rotatable bonds is 8. The van der Waals surface area contributed by atoms with E-state index in [-0.39, 0.29) is 24.7 Å². The number of guanidine groups is 1. The number of carboxylic acids is 2. The number of nitrogens with zero attached hydrogens (tertiary/aromatic N) is 1. The number of carbonyl (C=O) groups excluding carboxylic acids is 1. The van der Waals surface area contributed by atoms with Crippen LogP contribution in [0.2, 0.25) is 0 Å². The van der Waals surface area contributed by atoms with E-state index in [4.69, 9.17) is 9.90 Å². The van der Waals surface area contributed by atoms with Crippen molar-refractivity contribution in [3.8, 4) is 0 Å². The minimum absolute atomic E-state index is 0.0469. The summed E-state index contributed by atoms with van der Waals surface area (Å²) in [6.45, 7) is 2.80. The minimum Gasteiger partial charge on any atom is -0.481 e. The van der Waals surface area contributed by atoms with E-state index in [1.807, 2.05) is 42.5 Å². The number of aliphatic imine (C=N–C) groups is 1. The predicted octanol–water partition coefficient (Wildman–Crippen LogP) is 3.51. The van der Waals surface area contributed by atoms with Gasteiger partial charge in [-0.1, -0.05) is 60.2 Å². The smallest absolute Gasteiger partial charge is 0.481 e. The van der Waals surface area contributed by atoms with Crippen LogP contribution in [-0.2, 0) is 33.9 Å². The zero-order valence-corrected chi connectivity index (χ0v) is 21.6. The molecule has 1 aliphatic carbocycles. The molecule has 2 aromatic rings. The van der Waals surface area contributed by atoms with Gasteiger partial charge in [-0.05, 0) is 41.0 Å². The van der Waals surface area contributed by atoms with Gasteiger partial charge in [0.15, 0.2) is 5.96 Å². The van der Waals surface area contributed by atoms with Crippen molar-refractivity contribution in [3.63, 3.8) is 0 Å². The molecule has 5 N–H and O–H groups in total. The summed E-state index contributed by atoms with van der Waals surface area (Å²) in [5.74, 6) is -2.90. The van der Waals surface area contributed by atoms with Crippen LogP contribution in [-0.4, -0.2) is 53.3 Å². The molecule has 0 saturated carbocycles. The molecule has 0 fully saturated rings. The van der Waals surface area contributed by atoms with Crippen molar-refractivity contribution in [1.29, 1.82) is 0 Å². The Bertz CT molecular complexity index is 1280. The molecule has 9 nitrogen and oxygen atoms in total. The Morgan fingerprint density at radius 2 is 1.73 bits per heavy atom. The number of halogens is 3. The van der Waals surface area contributed by atoms with Crippen molar-refractivity contribution >= 4 is 23.8 Å². The van der Waals surface area contributed by atoms with Crippen LogP contribution in [0.5, 0.6) is 0 Å². The molecular formula is C28H31F3N4O5. The van der Waals surface area contributed by atoms with Crippen LogP contribution in [0, 0.1) is 0 Å². The van der Waals surface area contributed by atoms with E-state index in [1.165, 1.54) is 0 Å². The lowest BCUT2D eigenvalue weighted by Gasteiger charge is -2.17. The molecule has 0 bridgehead atoms. The van der Waals surface area contributed by atoms with Gasteiger partial charge in [0.05, 0.1) is 13.0 Å². The summed E-state index contributed by atoms with van der Waals surface area (Å²) in [6, 6.07) is 16.1. The van der Waals surface area contributed by atoms with Crippen LogP contribution in [0.25, 0.3) is 0 Å². The fourth-order valence-electron chi connectivity index (χ4n) is 4.44. The molecule has 214 valence electrons. The summed E-state index contributed by atoms with van der Waals surface area (Å²) in [5.41, 5.74) is 5.38. The number of hydrogen-bond donors (Lipinski definition) is 5. The molecule has 0 radical (unpaired) electrons. The highest BCUT2D eigenvalue weighted by molar-refractivity contribution is 5.81. The Morgan fingerprint density at radius 1 is 1.02 bits per heavy atom. The lowest BCUT2D eigenvalue weighted by atomic mass is 9.88. The van der Waals surface area contributed by atoms with Gasteiger partial charge in [0.2, 0.25) is 5.91 Å². The normalized spacial score (nSPS) is 16.1. The molecule has 1 atom stereocenters. The fourth-order valence-corrected chi connectivity index (χ4v) is 4.44. The van der Waals surface area contributed by atoms with Crippen molar-refractivity contribution < 1.29 is 37.8 Å². The van der Waals surface area contributed by atoms with Crippen LogP contribution >= 0.6 is 0 Å². The first-order chi connectivity index (χ1) is 19.0. The van der Waals surface area contributed by atoms with Gasteiger partial charge in [0.1, 0.15) is 0 Å². The number of carbonyl (C=O) groups is 3. The number of nitrogens with one attached hydrogen (secondary N) is 3. The van der Waals surface area contributed by atoms with Gasteiger partial charge in [-0.25, -0.2) is 4.79 Å². The number of alkyl halides is 3. The van der Waals surface area contributed by atoms with E-state index in [2.05, 4.69) is 33.1 Å². The first-order valence-corrected chi connectivity index (χ1v) is 12.7. The Hall–Kier alpha value is -4.35. The Morgan fingerprint density at radius 3 is 2.38 bits per heavy atom. The number of hydrogen-bond acceptors (Lipinski definition) is 6. The molecule has 12 heteroatoms. The maximum Gasteiger partial charge on any atom is 0.490 e. The number of amides is 1. The largest absolute Gasteiger partial charge is 0.490 e. The van der Waals surface area contributed by atoms with Crippen LogP contribution in [0.3, 0.4) is 0 Å². The quantitative estimate of drug-likeness (QED) is 0.311.